The molecule has 2 rings (SSSR count). The van der Waals surface area contributed by atoms with Crippen molar-refractivity contribution in [1.29, 1.82) is 0 Å². The normalized spacial score (nSPS) is 12.9. The van der Waals surface area contributed by atoms with Crippen molar-refractivity contribution in [3.8, 4) is 0 Å². The van der Waals surface area contributed by atoms with E-state index in [9.17, 15) is 4.79 Å². The largest absolute Gasteiger partial charge is 0.368 e. The molecule has 1 amide bonds. The number of fused-ring (bicyclic) bond motifs is 1. The number of nitrogens with two attached hydrogens (primary N) is 1. The zero-order chi connectivity index (χ0) is 13.3. The predicted octanol–water partition coefficient (Wildman–Crippen LogP) is 0.285. The number of nitrogens with zero attached hydrogens (tertiary/aromatic N) is 4. The molecule has 0 bridgehead atoms. The van der Waals surface area contributed by atoms with Gasteiger partial charge in [-0.15, -0.1) is 0 Å². The van der Waals surface area contributed by atoms with Crippen LogP contribution in [0.2, 0.25) is 0 Å². The number of hydrogen-bond acceptors (Lipinski definition) is 5. The fraction of sp³-hybridized carbons (Fsp3) is 0.455. The first kappa shape index (κ1) is 12.3. The number of carbonyl (C=O) groups excluding carboxylic acids is 1. The lowest BCUT2D eigenvalue weighted by atomic mass is 10.0. The molecule has 1 atom stereocenters. The summed E-state index contributed by atoms with van der Waals surface area (Å²) in [5.41, 5.74) is 6.08. The summed E-state index contributed by atoms with van der Waals surface area (Å²) in [5.74, 6) is 0.246. The summed E-state index contributed by atoms with van der Waals surface area (Å²) < 4.78 is 1.65. The molecule has 0 aliphatic rings. The van der Waals surface area contributed by atoms with Gasteiger partial charge in [0, 0.05) is 7.05 Å². The van der Waals surface area contributed by atoms with E-state index in [-0.39, 0.29) is 5.92 Å². The second-order valence-corrected chi connectivity index (χ2v) is 4.50. The maximum Gasteiger partial charge on any atom is 0.240 e. The van der Waals surface area contributed by atoms with Gasteiger partial charge in [-0.1, -0.05) is 13.8 Å². The molecule has 0 saturated carbocycles. The minimum Gasteiger partial charge on any atom is -0.368 e. The zero-order valence-electron chi connectivity index (χ0n) is 10.6. The smallest absolute Gasteiger partial charge is 0.240 e. The minimum atomic E-state index is -0.469. The van der Waals surface area contributed by atoms with E-state index in [2.05, 4.69) is 20.4 Å². The zero-order valence-corrected chi connectivity index (χ0v) is 10.6. The number of nitrogens with one attached hydrogen (secondary N) is 1. The summed E-state index contributed by atoms with van der Waals surface area (Å²) >= 11 is 0. The van der Waals surface area contributed by atoms with E-state index >= 15 is 0 Å². The molecule has 0 aromatic carbocycles. The molecule has 2 heterocycles. The molecule has 18 heavy (non-hydrogen) atoms. The fourth-order valence-electron chi connectivity index (χ4n) is 1.79. The second-order valence-electron chi connectivity index (χ2n) is 4.50. The molecular formula is C11H16N6O. The van der Waals surface area contributed by atoms with Crippen LogP contribution < -0.4 is 11.1 Å². The van der Waals surface area contributed by atoms with Gasteiger partial charge in [-0.25, -0.2) is 9.97 Å². The Hall–Kier alpha value is -2.18. The molecule has 0 saturated heterocycles. The molecule has 0 radical (unpaired) electrons. The van der Waals surface area contributed by atoms with Crippen LogP contribution in [0.4, 0.5) is 5.82 Å². The SMILES string of the molecule is CC(C)[C@@H](Nc1ncnc2c1cnn2C)C(N)=O. The number of anilines is 1. The molecule has 0 aliphatic heterocycles. The Balaban J connectivity index is 2.39. The van der Waals surface area contributed by atoms with Gasteiger partial charge in [0.15, 0.2) is 5.65 Å². The summed E-state index contributed by atoms with van der Waals surface area (Å²) in [5, 5.41) is 7.94. The van der Waals surface area contributed by atoms with E-state index < -0.39 is 11.9 Å². The van der Waals surface area contributed by atoms with Crippen molar-refractivity contribution in [1.82, 2.24) is 19.7 Å². The van der Waals surface area contributed by atoms with Crippen molar-refractivity contribution in [3.05, 3.63) is 12.5 Å². The molecule has 7 heteroatoms. The highest BCUT2D eigenvalue weighted by atomic mass is 16.1. The standard InChI is InChI=1S/C11H16N6O/c1-6(2)8(9(12)18)16-10-7-4-15-17(3)11(7)14-5-13-10/h4-6,8H,1-3H3,(H2,12,18)(H,13,14,16)/t8-/m1/s1. The molecule has 7 nitrogen and oxygen atoms in total. The van der Waals surface area contributed by atoms with Gasteiger partial charge in [-0.2, -0.15) is 5.10 Å². The average Bonchev–Trinajstić information content (AvgIpc) is 2.68. The van der Waals surface area contributed by atoms with Gasteiger partial charge >= 0.3 is 0 Å². The molecule has 2 aromatic heterocycles. The van der Waals surface area contributed by atoms with Gasteiger partial charge < -0.3 is 11.1 Å². The van der Waals surface area contributed by atoms with Crippen molar-refractivity contribution >= 4 is 22.8 Å². The van der Waals surface area contributed by atoms with E-state index in [4.69, 9.17) is 5.73 Å². The summed E-state index contributed by atoms with van der Waals surface area (Å²) in [6, 6.07) is -0.469. The molecule has 96 valence electrons. The summed E-state index contributed by atoms with van der Waals surface area (Å²) in [4.78, 5) is 19.7. The van der Waals surface area contributed by atoms with E-state index in [1.54, 1.807) is 17.9 Å². The molecule has 2 aromatic rings. The van der Waals surface area contributed by atoms with Crippen LogP contribution >= 0.6 is 0 Å². The third-order valence-electron chi connectivity index (χ3n) is 2.79. The fourth-order valence-corrected chi connectivity index (χ4v) is 1.79. The van der Waals surface area contributed by atoms with Crippen LogP contribution in [0.15, 0.2) is 12.5 Å². The van der Waals surface area contributed by atoms with Crippen LogP contribution in [0.5, 0.6) is 0 Å². The molecule has 3 N–H and O–H groups in total. The first-order chi connectivity index (χ1) is 8.50. The quantitative estimate of drug-likeness (QED) is 0.810. The Labute approximate surface area is 104 Å². The second kappa shape index (κ2) is 4.59. The van der Waals surface area contributed by atoms with Crippen LogP contribution in [-0.4, -0.2) is 31.7 Å². The Morgan fingerprint density at radius 1 is 1.44 bits per heavy atom. The Morgan fingerprint density at radius 3 is 2.78 bits per heavy atom. The molecule has 0 unspecified atom stereocenters. The average molecular weight is 248 g/mol. The van der Waals surface area contributed by atoms with Gasteiger partial charge in [0.2, 0.25) is 5.91 Å². The summed E-state index contributed by atoms with van der Waals surface area (Å²) in [7, 11) is 1.80. The van der Waals surface area contributed by atoms with E-state index in [1.165, 1.54) is 6.33 Å². The summed E-state index contributed by atoms with van der Waals surface area (Å²) in [6.07, 6.45) is 3.10. The van der Waals surface area contributed by atoms with Gasteiger partial charge in [-0.05, 0) is 5.92 Å². The van der Waals surface area contributed by atoms with Crippen LogP contribution in [0.1, 0.15) is 13.8 Å². The van der Waals surface area contributed by atoms with E-state index in [0.29, 0.717) is 11.5 Å². The number of hydrogen-bond donors (Lipinski definition) is 2. The third-order valence-corrected chi connectivity index (χ3v) is 2.79. The maximum atomic E-state index is 11.4. The van der Waals surface area contributed by atoms with Crippen LogP contribution in [0.3, 0.4) is 0 Å². The Bertz CT molecular complexity index is 576. The Morgan fingerprint density at radius 2 is 2.17 bits per heavy atom. The monoisotopic (exact) mass is 248 g/mol. The van der Waals surface area contributed by atoms with Gasteiger partial charge in [0.05, 0.1) is 11.6 Å². The highest BCUT2D eigenvalue weighted by Gasteiger charge is 2.21. The van der Waals surface area contributed by atoms with Gasteiger partial charge in [0.1, 0.15) is 18.2 Å². The van der Waals surface area contributed by atoms with Crippen LogP contribution in [0.25, 0.3) is 11.0 Å². The third kappa shape index (κ3) is 2.11. The topological polar surface area (TPSA) is 98.7 Å². The number of carbonyl (C=O) groups is 1. The first-order valence-corrected chi connectivity index (χ1v) is 5.69. The highest BCUT2D eigenvalue weighted by molar-refractivity contribution is 5.90. The minimum absolute atomic E-state index is 0.0733. The molecule has 0 fully saturated rings. The first-order valence-electron chi connectivity index (χ1n) is 5.69. The van der Waals surface area contributed by atoms with E-state index in [0.717, 1.165) is 5.39 Å². The summed E-state index contributed by atoms with van der Waals surface area (Å²) in [6.45, 7) is 3.84. The molecule has 0 aliphatic carbocycles. The highest BCUT2D eigenvalue weighted by Crippen LogP contribution is 2.19. The van der Waals surface area contributed by atoms with Gasteiger partial charge in [0.25, 0.3) is 0 Å². The number of aromatic nitrogens is 4. The lowest BCUT2D eigenvalue weighted by Crippen LogP contribution is -2.39. The van der Waals surface area contributed by atoms with Crippen molar-refractivity contribution in [2.45, 2.75) is 19.9 Å². The van der Waals surface area contributed by atoms with E-state index in [1.807, 2.05) is 13.8 Å². The number of primary amides is 1. The van der Waals surface area contributed by atoms with Crippen LogP contribution in [-0.2, 0) is 11.8 Å². The van der Waals surface area contributed by atoms with Crippen molar-refractivity contribution in [2.24, 2.45) is 18.7 Å². The van der Waals surface area contributed by atoms with Gasteiger partial charge in [-0.3, -0.25) is 9.48 Å². The van der Waals surface area contributed by atoms with Crippen LogP contribution in [0, 0.1) is 5.92 Å². The molecule has 0 spiro atoms. The number of amides is 1. The van der Waals surface area contributed by atoms with Crippen molar-refractivity contribution in [2.75, 3.05) is 5.32 Å². The Kier molecular flexibility index (Phi) is 3.14. The van der Waals surface area contributed by atoms with Crippen molar-refractivity contribution < 1.29 is 4.79 Å². The maximum absolute atomic E-state index is 11.4. The van der Waals surface area contributed by atoms with Crippen molar-refractivity contribution in [3.63, 3.8) is 0 Å². The number of rotatable bonds is 4. The number of aryl methyl sites for hydroxylation is 1. The lowest BCUT2D eigenvalue weighted by molar-refractivity contribution is -0.119. The lowest BCUT2D eigenvalue weighted by Gasteiger charge is -2.19. The molecular weight excluding hydrogens is 232 g/mol. The predicted molar refractivity (Wildman–Crippen MR) is 67.7 cm³/mol.